The van der Waals surface area contributed by atoms with Crippen LogP contribution in [0.5, 0.6) is 0 Å². The Kier molecular flexibility index (Phi) is 7.13. The van der Waals surface area contributed by atoms with Gasteiger partial charge in [0.25, 0.3) is 0 Å². The van der Waals surface area contributed by atoms with Crippen LogP contribution in [0.15, 0.2) is 35.5 Å². The molecule has 0 aromatic carbocycles. The molecule has 0 aromatic rings. The van der Waals surface area contributed by atoms with Crippen LogP contribution >= 0.6 is 0 Å². The zero-order chi connectivity index (χ0) is 21.2. The SMILES string of the molecule is C=C1CC[C@H](O)C/C1=C/C=C1CCC[C@@]2(C)C1CC[C@@H]2[C@H](C)OCCC(C)(C)O. The first-order valence-corrected chi connectivity index (χ1v) is 11.7. The van der Waals surface area contributed by atoms with Crippen molar-refractivity contribution < 1.29 is 14.9 Å². The molecule has 0 spiro atoms. The highest BCUT2D eigenvalue weighted by Crippen LogP contribution is 2.58. The molecule has 3 fully saturated rings. The first kappa shape index (κ1) is 22.8. The van der Waals surface area contributed by atoms with Gasteiger partial charge in [-0.15, -0.1) is 0 Å². The van der Waals surface area contributed by atoms with E-state index >= 15 is 0 Å². The topological polar surface area (TPSA) is 49.7 Å². The van der Waals surface area contributed by atoms with E-state index < -0.39 is 5.60 Å². The predicted molar refractivity (Wildman–Crippen MR) is 120 cm³/mol. The zero-order valence-corrected chi connectivity index (χ0v) is 19.0. The number of fused-ring (bicyclic) bond motifs is 1. The number of ether oxygens (including phenoxy) is 1. The second-order valence-corrected chi connectivity index (χ2v) is 10.7. The molecule has 3 aliphatic carbocycles. The van der Waals surface area contributed by atoms with Gasteiger partial charge in [0.2, 0.25) is 0 Å². The van der Waals surface area contributed by atoms with Crippen LogP contribution in [0.3, 0.4) is 0 Å². The number of rotatable bonds is 6. The number of aliphatic hydroxyl groups is 2. The standard InChI is InChI=1S/C26H42O3/c1-18-8-11-22(27)17-21(18)10-9-20-7-6-14-26(5)23(12-13-24(20)26)19(2)29-16-15-25(3,4)28/h9-10,19,22-24,27-28H,1,6-8,11-17H2,2-5H3/b20-9?,21-10-/t19-,22-,23+,24?,26+/m0/s1. The maximum atomic E-state index is 10.0. The Morgan fingerprint density at radius 3 is 2.72 bits per heavy atom. The van der Waals surface area contributed by atoms with Crippen LogP contribution in [0.2, 0.25) is 0 Å². The number of allylic oxidation sites excluding steroid dienone is 4. The van der Waals surface area contributed by atoms with E-state index in [1.165, 1.54) is 43.3 Å². The molecule has 1 unspecified atom stereocenters. The molecule has 0 bridgehead atoms. The van der Waals surface area contributed by atoms with Crippen LogP contribution in [0.1, 0.15) is 85.5 Å². The van der Waals surface area contributed by atoms with E-state index in [1.54, 1.807) is 5.57 Å². The number of hydrogen-bond acceptors (Lipinski definition) is 3. The predicted octanol–water partition coefficient (Wildman–Crippen LogP) is 5.72. The second-order valence-electron chi connectivity index (χ2n) is 10.7. The number of hydrogen-bond donors (Lipinski definition) is 2. The van der Waals surface area contributed by atoms with Crippen LogP contribution in [0, 0.1) is 17.3 Å². The van der Waals surface area contributed by atoms with Gasteiger partial charge in [-0.05, 0) is 101 Å². The fourth-order valence-corrected chi connectivity index (χ4v) is 6.06. The average molecular weight is 403 g/mol. The Bertz CT molecular complexity index is 653. The van der Waals surface area contributed by atoms with Crippen molar-refractivity contribution in [3.63, 3.8) is 0 Å². The van der Waals surface area contributed by atoms with E-state index in [1.807, 2.05) is 13.8 Å². The van der Waals surface area contributed by atoms with Crippen molar-refractivity contribution in [1.29, 1.82) is 0 Å². The molecule has 164 valence electrons. The van der Waals surface area contributed by atoms with Gasteiger partial charge in [0, 0.05) is 6.61 Å². The third kappa shape index (κ3) is 5.42. The van der Waals surface area contributed by atoms with Crippen LogP contribution < -0.4 is 0 Å². The van der Waals surface area contributed by atoms with Crippen LogP contribution in [-0.2, 0) is 4.74 Å². The van der Waals surface area contributed by atoms with E-state index in [9.17, 15) is 10.2 Å². The lowest BCUT2D eigenvalue weighted by molar-refractivity contribution is -0.0454. The molecule has 0 amide bonds. The minimum Gasteiger partial charge on any atom is -0.393 e. The average Bonchev–Trinajstić information content (AvgIpc) is 2.99. The summed E-state index contributed by atoms with van der Waals surface area (Å²) >= 11 is 0. The fourth-order valence-electron chi connectivity index (χ4n) is 6.06. The molecular weight excluding hydrogens is 360 g/mol. The maximum absolute atomic E-state index is 10.0. The molecule has 3 rings (SSSR count). The van der Waals surface area contributed by atoms with Gasteiger partial charge in [-0.2, -0.15) is 0 Å². The van der Waals surface area contributed by atoms with Gasteiger partial charge in [-0.25, -0.2) is 0 Å². The number of aliphatic hydroxyl groups excluding tert-OH is 1. The van der Waals surface area contributed by atoms with E-state index in [2.05, 4.69) is 32.6 Å². The molecule has 3 heteroatoms. The third-order valence-corrected chi connectivity index (χ3v) is 7.89. The van der Waals surface area contributed by atoms with Gasteiger partial charge in [0.15, 0.2) is 0 Å². The van der Waals surface area contributed by atoms with Crippen molar-refractivity contribution in [2.45, 2.75) is 103 Å². The summed E-state index contributed by atoms with van der Waals surface area (Å²) in [6.45, 7) is 13.2. The van der Waals surface area contributed by atoms with Gasteiger partial charge in [0.05, 0.1) is 17.8 Å². The highest BCUT2D eigenvalue weighted by Gasteiger charge is 2.51. The molecule has 3 nitrogen and oxygen atoms in total. The van der Waals surface area contributed by atoms with Gasteiger partial charge in [-0.3, -0.25) is 0 Å². The summed E-state index contributed by atoms with van der Waals surface area (Å²) in [7, 11) is 0. The second kappa shape index (κ2) is 9.08. The molecule has 3 aliphatic rings. The largest absolute Gasteiger partial charge is 0.393 e. The quantitative estimate of drug-likeness (QED) is 0.597. The molecule has 29 heavy (non-hydrogen) atoms. The highest BCUT2D eigenvalue weighted by atomic mass is 16.5. The minimum absolute atomic E-state index is 0.209. The lowest BCUT2D eigenvalue weighted by Gasteiger charge is -2.44. The lowest BCUT2D eigenvalue weighted by atomic mass is 9.62. The molecule has 0 saturated heterocycles. The Balaban J connectivity index is 1.68. The van der Waals surface area contributed by atoms with Gasteiger partial charge in [-0.1, -0.05) is 36.8 Å². The maximum Gasteiger partial charge on any atom is 0.0613 e. The van der Waals surface area contributed by atoms with Gasteiger partial charge >= 0.3 is 0 Å². The van der Waals surface area contributed by atoms with Crippen molar-refractivity contribution in [1.82, 2.24) is 0 Å². The Labute approximate surface area is 177 Å². The molecular formula is C26H42O3. The Morgan fingerprint density at radius 2 is 2.00 bits per heavy atom. The molecule has 3 saturated carbocycles. The van der Waals surface area contributed by atoms with Crippen molar-refractivity contribution in [2.75, 3.05) is 6.61 Å². The van der Waals surface area contributed by atoms with E-state index in [-0.39, 0.29) is 12.2 Å². The van der Waals surface area contributed by atoms with E-state index in [0.717, 1.165) is 19.3 Å². The first-order chi connectivity index (χ1) is 13.6. The van der Waals surface area contributed by atoms with Crippen LogP contribution in [0.4, 0.5) is 0 Å². The summed E-state index contributed by atoms with van der Waals surface area (Å²) in [5.41, 5.74) is 3.67. The molecule has 0 aromatic heterocycles. The summed E-state index contributed by atoms with van der Waals surface area (Å²) in [6, 6.07) is 0. The normalized spacial score (nSPS) is 37.2. The van der Waals surface area contributed by atoms with Crippen molar-refractivity contribution in [3.05, 3.63) is 35.5 Å². The van der Waals surface area contributed by atoms with E-state index in [0.29, 0.717) is 30.3 Å². The van der Waals surface area contributed by atoms with Crippen molar-refractivity contribution in [2.24, 2.45) is 17.3 Å². The molecule has 0 aliphatic heterocycles. The fraction of sp³-hybridized carbons (Fsp3) is 0.769. The van der Waals surface area contributed by atoms with Gasteiger partial charge in [0.1, 0.15) is 0 Å². The van der Waals surface area contributed by atoms with E-state index in [4.69, 9.17) is 4.74 Å². The summed E-state index contributed by atoms with van der Waals surface area (Å²) in [6.07, 6.45) is 14.0. The first-order valence-electron chi connectivity index (χ1n) is 11.7. The summed E-state index contributed by atoms with van der Waals surface area (Å²) < 4.78 is 6.20. The van der Waals surface area contributed by atoms with Gasteiger partial charge < -0.3 is 14.9 Å². The monoisotopic (exact) mass is 402 g/mol. The summed E-state index contributed by atoms with van der Waals surface area (Å²) in [5, 5.41) is 20.0. The van der Waals surface area contributed by atoms with Crippen molar-refractivity contribution >= 4 is 0 Å². The molecule has 0 heterocycles. The third-order valence-electron chi connectivity index (χ3n) is 7.89. The minimum atomic E-state index is -0.660. The van der Waals surface area contributed by atoms with Crippen LogP contribution in [-0.4, -0.2) is 34.6 Å². The van der Waals surface area contributed by atoms with Crippen molar-refractivity contribution in [3.8, 4) is 0 Å². The molecule has 0 radical (unpaired) electrons. The lowest BCUT2D eigenvalue weighted by Crippen LogP contribution is -2.39. The Hall–Kier alpha value is -0.900. The van der Waals surface area contributed by atoms with Crippen LogP contribution in [0.25, 0.3) is 0 Å². The summed E-state index contributed by atoms with van der Waals surface area (Å²) in [5.74, 6) is 1.22. The molecule has 5 atom stereocenters. The molecule has 2 N–H and O–H groups in total. The Morgan fingerprint density at radius 1 is 1.24 bits per heavy atom. The zero-order valence-electron chi connectivity index (χ0n) is 19.0. The smallest absolute Gasteiger partial charge is 0.0613 e. The highest BCUT2D eigenvalue weighted by molar-refractivity contribution is 5.36. The summed E-state index contributed by atoms with van der Waals surface area (Å²) in [4.78, 5) is 0.